The van der Waals surface area contributed by atoms with Gasteiger partial charge in [0, 0.05) is 5.56 Å². The average Bonchev–Trinajstić information content (AvgIpc) is 2.49. The highest BCUT2D eigenvalue weighted by Gasteiger charge is 2.03. The fourth-order valence-corrected chi connectivity index (χ4v) is 1.85. The summed E-state index contributed by atoms with van der Waals surface area (Å²) in [4.78, 5) is 11.9. The van der Waals surface area contributed by atoms with Crippen molar-refractivity contribution in [3.8, 4) is 5.75 Å². The Balaban J connectivity index is 2.02. The summed E-state index contributed by atoms with van der Waals surface area (Å²) >= 11 is 0. The van der Waals surface area contributed by atoms with Crippen LogP contribution in [-0.4, -0.2) is 19.2 Å². The van der Waals surface area contributed by atoms with Gasteiger partial charge in [-0.2, -0.15) is 5.10 Å². The number of methoxy groups -OCH3 is 1. The number of nitrogens with zero attached hydrogens (tertiary/aromatic N) is 1. The highest BCUT2D eigenvalue weighted by atomic mass is 16.5. The number of nitrogens with one attached hydrogen (secondary N) is 1. The van der Waals surface area contributed by atoms with Crippen molar-refractivity contribution < 1.29 is 9.53 Å². The van der Waals surface area contributed by atoms with Crippen LogP contribution in [0.15, 0.2) is 47.6 Å². The van der Waals surface area contributed by atoms with E-state index < -0.39 is 0 Å². The Labute approximate surface area is 124 Å². The molecule has 0 aromatic heterocycles. The number of ether oxygens (including phenoxy) is 1. The Morgan fingerprint density at radius 2 is 1.86 bits per heavy atom. The van der Waals surface area contributed by atoms with Crippen LogP contribution < -0.4 is 10.2 Å². The van der Waals surface area contributed by atoms with Gasteiger partial charge in [-0.3, -0.25) is 4.79 Å². The molecule has 0 unspecified atom stereocenters. The van der Waals surface area contributed by atoms with Gasteiger partial charge in [-0.25, -0.2) is 5.43 Å². The Bertz CT molecular complexity index is 661. The van der Waals surface area contributed by atoms with Gasteiger partial charge in [0.1, 0.15) is 5.75 Å². The van der Waals surface area contributed by atoms with Crippen LogP contribution >= 0.6 is 0 Å². The van der Waals surface area contributed by atoms with E-state index in [9.17, 15) is 4.79 Å². The van der Waals surface area contributed by atoms with Gasteiger partial charge in [-0.05, 0) is 43.2 Å². The van der Waals surface area contributed by atoms with Gasteiger partial charge in [0.05, 0.1) is 13.3 Å². The first kappa shape index (κ1) is 14.8. The molecule has 4 heteroatoms. The number of benzene rings is 2. The molecule has 0 spiro atoms. The molecule has 0 heterocycles. The van der Waals surface area contributed by atoms with Crippen molar-refractivity contribution >= 4 is 12.1 Å². The molecular weight excluding hydrogens is 264 g/mol. The van der Waals surface area contributed by atoms with Crippen molar-refractivity contribution in [2.45, 2.75) is 13.8 Å². The monoisotopic (exact) mass is 282 g/mol. The number of rotatable bonds is 4. The maximum atomic E-state index is 11.9. The third-order valence-corrected chi connectivity index (χ3v) is 3.13. The van der Waals surface area contributed by atoms with Crippen LogP contribution in [0, 0.1) is 13.8 Å². The zero-order chi connectivity index (χ0) is 15.2. The number of hydrazone groups is 1. The summed E-state index contributed by atoms with van der Waals surface area (Å²) in [5.74, 6) is 0.564. The summed E-state index contributed by atoms with van der Waals surface area (Å²) in [6.45, 7) is 3.95. The lowest BCUT2D eigenvalue weighted by molar-refractivity contribution is 0.0955. The Kier molecular flexibility index (Phi) is 4.72. The normalized spacial score (nSPS) is 10.6. The van der Waals surface area contributed by atoms with E-state index in [1.54, 1.807) is 25.5 Å². The Morgan fingerprint density at radius 1 is 1.14 bits per heavy atom. The van der Waals surface area contributed by atoms with Gasteiger partial charge in [0.15, 0.2) is 0 Å². The molecule has 0 aliphatic rings. The van der Waals surface area contributed by atoms with E-state index >= 15 is 0 Å². The van der Waals surface area contributed by atoms with E-state index in [4.69, 9.17) is 4.74 Å². The van der Waals surface area contributed by atoms with Crippen LogP contribution in [0.2, 0.25) is 0 Å². The maximum Gasteiger partial charge on any atom is 0.271 e. The first-order chi connectivity index (χ1) is 10.1. The number of amides is 1. The lowest BCUT2D eigenvalue weighted by Gasteiger charge is -2.04. The Morgan fingerprint density at radius 3 is 2.52 bits per heavy atom. The lowest BCUT2D eigenvalue weighted by atomic mass is 10.1. The zero-order valence-electron chi connectivity index (χ0n) is 12.4. The molecule has 2 aromatic carbocycles. The lowest BCUT2D eigenvalue weighted by Crippen LogP contribution is -2.17. The number of hydrogen-bond acceptors (Lipinski definition) is 3. The van der Waals surface area contributed by atoms with Crippen molar-refractivity contribution in [3.63, 3.8) is 0 Å². The summed E-state index contributed by atoms with van der Waals surface area (Å²) in [7, 11) is 1.63. The van der Waals surface area contributed by atoms with Crippen molar-refractivity contribution in [3.05, 3.63) is 64.7 Å². The predicted octanol–water partition coefficient (Wildman–Crippen LogP) is 3.08. The molecule has 0 aliphatic carbocycles. The van der Waals surface area contributed by atoms with Gasteiger partial charge >= 0.3 is 0 Å². The van der Waals surface area contributed by atoms with E-state index in [1.165, 1.54) is 0 Å². The summed E-state index contributed by atoms with van der Waals surface area (Å²) in [6, 6.07) is 13.1. The number of aryl methyl sites for hydroxylation is 2. The minimum absolute atomic E-state index is 0.231. The third-order valence-electron chi connectivity index (χ3n) is 3.13. The first-order valence-electron chi connectivity index (χ1n) is 6.65. The molecule has 1 N–H and O–H groups in total. The highest BCUT2D eigenvalue weighted by molar-refractivity contribution is 5.94. The molecule has 0 fully saturated rings. The van der Waals surface area contributed by atoms with Crippen LogP contribution in [0.1, 0.15) is 27.0 Å². The van der Waals surface area contributed by atoms with Crippen LogP contribution in [0.4, 0.5) is 0 Å². The first-order valence-corrected chi connectivity index (χ1v) is 6.65. The van der Waals surface area contributed by atoms with Crippen molar-refractivity contribution in [1.82, 2.24) is 5.43 Å². The molecule has 1 amide bonds. The van der Waals surface area contributed by atoms with Crippen molar-refractivity contribution in [2.75, 3.05) is 7.11 Å². The van der Waals surface area contributed by atoms with Gasteiger partial charge in [-0.1, -0.05) is 29.8 Å². The molecule has 0 saturated carbocycles. The minimum atomic E-state index is -0.231. The van der Waals surface area contributed by atoms with Crippen LogP contribution in [-0.2, 0) is 0 Å². The van der Waals surface area contributed by atoms with Crippen LogP contribution in [0.5, 0.6) is 5.75 Å². The van der Waals surface area contributed by atoms with E-state index in [0.29, 0.717) is 5.56 Å². The molecule has 108 valence electrons. The minimum Gasteiger partial charge on any atom is -0.496 e. The second-order valence-electron chi connectivity index (χ2n) is 4.79. The third kappa shape index (κ3) is 3.92. The standard InChI is InChI=1S/C17H18N2O2/c1-12-4-8-15(9-5-12)17(20)19-18-11-14-7-6-13(2)16(10-14)21-3/h4-11H,1-3H3,(H,19,20)/b18-11+. The SMILES string of the molecule is COc1cc(/C=N/NC(=O)c2ccc(C)cc2)ccc1C. The molecule has 2 rings (SSSR count). The molecule has 0 radical (unpaired) electrons. The molecule has 0 bridgehead atoms. The quantitative estimate of drug-likeness (QED) is 0.692. The summed E-state index contributed by atoms with van der Waals surface area (Å²) in [5.41, 5.74) is 6.12. The van der Waals surface area contributed by atoms with Crippen LogP contribution in [0.25, 0.3) is 0 Å². The van der Waals surface area contributed by atoms with Gasteiger partial charge in [0.2, 0.25) is 0 Å². The summed E-state index contributed by atoms with van der Waals surface area (Å²) < 4.78 is 5.24. The predicted molar refractivity (Wildman–Crippen MR) is 84.0 cm³/mol. The fourth-order valence-electron chi connectivity index (χ4n) is 1.85. The van der Waals surface area contributed by atoms with Crippen molar-refractivity contribution in [1.29, 1.82) is 0 Å². The zero-order valence-corrected chi connectivity index (χ0v) is 12.4. The molecule has 2 aromatic rings. The molecule has 21 heavy (non-hydrogen) atoms. The number of hydrogen-bond donors (Lipinski definition) is 1. The topological polar surface area (TPSA) is 50.7 Å². The summed E-state index contributed by atoms with van der Waals surface area (Å²) in [6.07, 6.45) is 1.59. The van der Waals surface area contributed by atoms with Gasteiger partial charge in [0.25, 0.3) is 5.91 Å². The van der Waals surface area contributed by atoms with E-state index in [-0.39, 0.29) is 5.91 Å². The average molecular weight is 282 g/mol. The highest BCUT2D eigenvalue weighted by Crippen LogP contribution is 2.17. The van der Waals surface area contributed by atoms with Gasteiger partial charge in [-0.15, -0.1) is 0 Å². The number of carbonyl (C=O) groups excluding carboxylic acids is 1. The van der Waals surface area contributed by atoms with E-state index in [2.05, 4.69) is 10.5 Å². The maximum absolute atomic E-state index is 11.9. The smallest absolute Gasteiger partial charge is 0.271 e. The van der Waals surface area contributed by atoms with E-state index in [0.717, 1.165) is 22.4 Å². The molecule has 0 aliphatic heterocycles. The largest absolute Gasteiger partial charge is 0.496 e. The van der Waals surface area contributed by atoms with Crippen LogP contribution in [0.3, 0.4) is 0 Å². The molecule has 0 saturated heterocycles. The fraction of sp³-hybridized carbons (Fsp3) is 0.176. The molecule has 4 nitrogen and oxygen atoms in total. The van der Waals surface area contributed by atoms with E-state index in [1.807, 2.05) is 44.2 Å². The molecule has 0 atom stereocenters. The summed E-state index contributed by atoms with van der Waals surface area (Å²) in [5, 5.41) is 3.97. The molecular formula is C17H18N2O2. The van der Waals surface area contributed by atoms with Crippen molar-refractivity contribution in [2.24, 2.45) is 5.10 Å². The second-order valence-corrected chi connectivity index (χ2v) is 4.79. The Hall–Kier alpha value is -2.62. The second kappa shape index (κ2) is 6.70. The number of carbonyl (C=O) groups is 1. The van der Waals surface area contributed by atoms with Gasteiger partial charge < -0.3 is 4.74 Å².